The second-order valence-corrected chi connectivity index (χ2v) is 8.80. The van der Waals surface area contributed by atoms with Gasteiger partial charge in [0.25, 0.3) is 0 Å². The highest BCUT2D eigenvalue weighted by Gasteiger charge is 2.32. The third kappa shape index (κ3) is 6.13. The third-order valence-electron chi connectivity index (χ3n) is 4.83. The van der Waals surface area contributed by atoms with Crippen LogP contribution in [0.25, 0.3) is 0 Å². The summed E-state index contributed by atoms with van der Waals surface area (Å²) in [6, 6.07) is 0.501. The van der Waals surface area contributed by atoms with Crippen molar-refractivity contribution in [3.63, 3.8) is 0 Å². The fourth-order valence-corrected chi connectivity index (χ4v) is 4.71. The first kappa shape index (κ1) is 18.0. The van der Waals surface area contributed by atoms with Crippen LogP contribution in [0.4, 0.5) is 0 Å². The summed E-state index contributed by atoms with van der Waals surface area (Å²) in [6.07, 6.45) is 13.1. The molecular formula is C16H33NO2S. The van der Waals surface area contributed by atoms with E-state index < -0.39 is 9.84 Å². The first-order chi connectivity index (χ1) is 9.49. The monoisotopic (exact) mass is 303 g/mol. The molecule has 0 aliphatic heterocycles. The van der Waals surface area contributed by atoms with E-state index in [9.17, 15) is 8.42 Å². The molecule has 0 amide bonds. The summed E-state index contributed by atoms with van der Waals surface area (Å²) in [4.78, 5) is 0. The number of nitrogens with one attached hydrogen (secondary N) is 1. The van der Waals surface area contributed by atoms with Crippen molar-refractivity contribution < 1.29 is 8.42 Å². The fraction of sp³-hybridized carbons (Fsp3) is 1.00. The first-order valence-electron chi connectivity index (χ1n) is 8.35. The first-order valence-corrected chi connectivity index (χ1v) is 10.3. The highest BCUT2D eigenvalue weighted by atomic mass is 32.2. The molecule has 1 saturated carbocycles. The average molecular weight is 304 g/mol. The van der Waals surface area contributed by atoms with Crippen LogP contribution in [0, 0.1) is 5.92 Å². The van der Waals surface area contributed by atoms with E-state index in [0.29, 0.717) is 12.0 Å². The zero-order valence-corrected chi connectivity index (χ0v) is 14.3. The van der Waals surface area contributed by atoms with Crippen molar-refractivity contribution in [3.05, 3.63) is 0 Å². The molecule has 0 aromatic carbocycles. The minimum Gasteiger partial charge on any atom is -0.317 e. The molecule has 0 spiro atoms. The number of hydrogen-bond donors (Lipinski definition) is 1. The zero-order valence-electron chi connectivity index (χ0n) is 13.5. The summed E-state index contributed by atoms with van der Waals surface area (Å²) in [7, 11) is -0.832. The normalized spacial score (nSPS) is 25.6. The molecule has 0 radical (unpaired) electrons. The predicted molar refractivity (Wildman–Crippen MR) is 86.8 cm³/mol. The fourth-order valence-electron chi connectivity index (χ4n) is 3.52. The van der Waals surface area contributed by atoms with Crippen LogP contribution in [0.15, 0.2) is 0 Å². The van der Waals surface area contributed by atoms with Crippen LogP contribution < -0.4 is 5.32 Å². The van der Waals surface area contributed by atoms with Gasteiger partial charge in [-0.15, -0.1) is 0 Å². The van der Waals surface area contributed by atoms with E-state index >= 15 is 0 Å². The Bertz CT molecular complexity index is 353. The van der Waals surface area contributed by atoms with Gasteiger partial charge in [0.1, 0.15) is 9.84 Å². The standard InChI is InChI=1S/C16H33NO2S/c1-4-5-6-7-8-12-16(17-2)14-10-9-11-15(13-14)20(3,18)19/h14-17H,4-13H2,1-3H3. The van der Waals surface area contributed by atoms with E-state index in [4.69, 9.17) is 0 Å². The smallest absolute Gasteiger partial charge is 0.150 e. The molecule has 3 nitrogen and oxygen atoms in total. The summed E-state index contributed by atoms with van der Waals surface area (Å²) in [5.74, 6) is 0.541. The lowest BCUT2D eigenvalue weighted by atomic mass is 9.81. The highest BCUT2D eigenvalue weighted by molar-refractivity contribution is 7.91. The Morgan fingerprint density at radius 3 is 2.45 bits per heavy atom. The second kappa shape index (κ2) is 9.04. The zero-order chi connectivity index (χ0) is 15.0. The molecule has 0 heterocycles. The van der Waals surface area contributed by atoms with E-state index in [2.05, 4.69) is 12.2 Å². The minimum atomic E-state index is -2.86. The third-order valence-corrected chi connectivity index (χ3v) is 6.47. The average Bonchev–Trinajstić information content (AvgIpc) is 2.42. The summed E-state index contributed by atoms with van der Waals surface area (Å²) >= 11 is 0. The molecule has 0 aromatic heterocycles. The van der Waals surface area contributed by atoms with Crippen LogP contribution in [-0.2, 0) is 9.84 Å². The van der Waals surface area contributed by atoms with Gasteiger partial charge in [-0.1, -0.05) is 45.4 Å². The lowest BCUT2D eigenvalue weighted by molar-refractivity contribution is 0.264. The van der Waals surface area contributed by atoms with Crippen molar-refractivity contribution >= 4 is 9.84 Å². The molecule has 1 fully saturated rings. The van der Waals surface area contributed by atoms with E-state index in [0.717, 1.165) is 19.3 Å². The Hall–Kier alpha value is -0.0900. The summed E-state index contributed by atoms with van der Waals surface area (Å²) < 4.78 is 23.5. The van der Waals surface area contributed by atoms with E-state index in [1.807, 2.05) is 7.05 Å². The molecule has 1 aliphatic rings. The number of unbranched alkanes of at least 4 members (excludes halogenated alkanes) is 4. The van der Waals surface area contributed by atoms with Crippen molar-refractivity contribution in [2.24, 2.45) is 5.92 Å². The van der Waals surface area contributed by atoms with Crippen molar-refractivity contribution in [1.29, 1.82) is 0 Å². The summed E-state index contributed by atoms with van der Waals surface area (Å²) in [5.41, 5.74) is 0. The molecule has 3 atom stereocenters. The van der Waals surface area contributed by atoms with Crippen molar-refractivity contribution in [1.82, 2.24) is 5.32 Å². The lowest BCUT2D eigenvalue weighted by Gasteiger charge is -2.34. The molecule has 1 aliphatic carbocycles. The van der Waals surface area contributed by atoms with Gasteiger partial charge >= 0.3 is 0 Å². The molecule has 20 heavy (non-hydrogen) atoms. The van der Waals surface area contributed by atoms with Crippen LogP contribution in [0.3, 0.4) is 0 Å². The van der Waals surface area contributed by atoms with Gasteiger partial charge in [-0.05, 0) is 38.6 Å². The Kier molecular flexibility index (Phi) is 8.11. The Balaban J connectivity index is 2.40. The van der Waals surface area contributed by atoms with Crippen LogP contribution in [0.1, 0.15) is 71.1 Å². The Morgan fingerprint density at radius 1 is 1.15 bits per heavy atom. The molecule has 0 aromatic rings. The molecule has 1 N–H and O–H groups in total. The van der Waals surface area contributed by atoms with Gasteiger partial charge in [0.15, 0.2) is 0 Å². The van der Waals surface area contributed by atoms with Gasteiger partial charge < -0.3 is 5.32 Å². The number of hydrogen-bond acceptors (Lipinski definition) is 3. The van der Waals surface area contributed by atoms with E-state index in [1.165, 1.54) is 51.2 Å². The molecule has 4 heteroatoms. The SMILES string of the molecule is CCCCCCCC(NC)C1CCCC(S(C)(=O)=O)C1. The van der Waals surface area contributed by atoms with Crippen LogP contribution in [0.5, 0.6) is 0 Å². The molecule has 3 unspecified atom stereocenters. The molecule has 0 saturated heterocycles. The maximum absolute atomic E-state index is 11.8. The Morgan fingerprint density at radius 2 is 1.85 bits per heavy atom. The van der Waals surface area contributed by atoms with E-state index in [-0.39, 0.29) is 5.25 Å². The second-order valence-electron chi connectivity index (χ2n) is 6.48. The summed E-state index contributed by atoms with van der Waals surface area (Å²) in [6.45, 7) is 2.24. The number of rotatable bonds is 9. The lowest BCUT2D eigenvalue weighted by Crippen LogP contribution is -2.39. The maximum Gasteiger partial charge on any atom is 0.150 e. The van der Waals surface area contributed by atoms with Gasteiger partial charge in [0.05, 0.1) is 5.25 Å². The molecular weight excluding hydrogens is 270 g/mol. The quantitative estimate of drug-likeness (QED) is 0.663. The predicted octanol–water partition coefficient (Wildman–Crippen LogP) is 3.54. The maximum atomic E-state index is 11.8. The van der Waals surface area contributed by atoms with Crippen LogP contribution in [-0.4, -0.2) is 33.0 Å². The molecule has 1 rings (SSSR count). The molecule has 0 bridgehead atoms. The molecule has 120 valence electrons. The van der Waals surface area contributed by atoms with Crippen molar-refractivity contribution in [2.75, 3.05) is 13.3 Å². The van der Waals surface area contributed by atoms with Crippen molar-refractivity contribution in [2.45, 2.75) is 82.4 Å². The van der Waals surface area contributed by atoms with Gasteiger partial charge in [0, 0.05) is 12.3 Å². The van der Waals surface area contributed by atoms with Gasteiger partial charge in [-0.2, -0.15) is 0 Å². The topological polar surface area (TPSA) is 46.2 Å². The Labute approximate surface area is 125 Å². The van der Waals surface area contributed by atoms with Crippen LogP contribution >= 0.6 is 0 Å². The van der Waals surface area contributed by atoms with Gasteiger partial charge in [0.2, 0.25) is 0 Å². The van der Waals surface area contributed by atoms with Gasteiger partial charge in [-0.25, -0.2) is 8.42 Å². The van der Waals surface area contributed by atoms with E-state index in [1.54, 1.807) is 0 Å². The largest absolute Gasteiger partial charge is 0.317 e. The summed E-state index contributed by atoms with van der Waals surface area (Å²) in [5, 5.41) is 3.34. The number of sulfone groups is 1. The van der Waals surface area contributed by atoms with Crippen LogP contribution in [0.2, 0.25) is 0 Å². The van der Waals surface area contributed by atoms with Gasteiger partial charge in [-0.3, -0.25) is 0 Å². The highest BCUT2D eigenvalue weighted by Crippen LogP contribution is 2.32. The minimum absolute atomic E-state index is 0.0998. The van der Waals surface area contributed by atoms with Crippen molar-refractivity contribution in [3.8, 4) is 0 Å².